The van der Waals surface area contributed by atoms with Gasteiger partial charge in [-0.2, -0.15) is 0 Å². The number of aliphatic hydroxyl groups excluding tert-OH is 1. The van der Waals surface area contributed by atoms with Crippen molar-refractivity contribution in [2.45, 2.75) is 12.8 Å². The molecule has 5 nitrogen and oxygen atoms in total. The van der Waals surface area contributed by atoms with Crippen LogP contribution in [0.1, 0.15) is 16.1 Å². The summed E-state index contributed by atoms with van der Waals surface area (Å²) in [6.45, 7) is -0.694. The molecule has 0 saturated heterocycles. The van der Waals surface area contributed by atoms with Gasteiger partial charge in [-0.05, 0) is 6.92 Å². The molecule has 0 unspecified atom stereocenters. The zero-order chi connectivity index (χ0) is 11.5. The number of carbonyl (C=O) groups is 1. The predicted octanol–water partition coefficient (Wildman–Crippen LogP) is 0.340. The third-order valence-electron chi connectivity index (χ3n) is 1.69. The Bertz CT molecular complexity index is 351. The maximum absolute atomic E-state index is 12.5. The van der Waals surface area contributed by atoms with E-state index in [4.69, 9.17) is 5.11 Å². The number of nitrogens with one attached hydrogen (secondary N) is 1. The lowest BCUT2D eigenvalue weighted by atomic mass is 10.2. The Morgan fingerprint density at radius 3 is 2.87 bits per heavy atom. The van der Waals surface area contributed by atoms with Gasteiger partial charge in [0.2, 0.25) is 5.76 Å². The van der Waals surface area contributed by atoms with E-state index in [9.17, 15) is 13.6 Å². The van der Waals surface area contributed by atoms with Gasteiger partial charge in [0, 0.05) is 5.56 Å². The largest absolute Gasteiger partial charge is 0.390 e. The molecule has 1 amide bonds. The van der Waals surface area contributed by atoms with Crippen LogP contribution in [0.5, 0.6) is 0 Å². The molecule has 0 radical (unpaired) electrons. The minimum absolute atomic E-state index is 0.108. The highest BCUT2D eigenvalue weighted by Gasteiger charge is 2.29. The Labute approximate surface area is 84.1 Å². The van der Waals surface area contributed by atoms with Crippen molar-refractivity contribution in [3.63, 3.8) is 0 Å². The first kappa shape index (κ1) is 11.6. The first-order valence-corrected chi connectivity index (χ1v) is 4.14. The van der Waals surface area contributed by atoms with Crippen molar-refractivity contribution in [3.05, 3.63) is 17.5 Å². The number of hydrogen-bond acceptors (Lipinski definition) is 4. The molecule has 0 spiro atoms. The lowest BCUT2D eigenvalue weighted by Crippen LogP contribution is -2.39. The van der Waals surface area contributed by atoms with E-state index in [1.807, 2.05) is 5.32 Å². The summed E-state index contributed by atoms with van der Waals surface area (Å²) in [5.41, 5.74) is 0.458. The van der Waals surface area contributed by atoms with Gasteiger partial charge in [0.1, 0.15) is 6.61 Å². The molecule has 15 heavy (non-hydrogen) atoms. The van der Waals surface area contributed by atoms with Crippen molar-refractivity contribution in [1.29, 1.82) is 0 Å². The lowest BCUT2D eigenvalue weighted by molar-refractivity contribution is -0.0463. The number of nitrogens with zero attached hydrogens (tertiary/aromatic N) is 1. The van der Waals surface area contributed by atoms with Crippen molar-refractivity contribution >= 4 is 5.91 Å². The first-order chi connectivity index (χ1) is 6.96. The molecule has 2 N–H and O–H groups in total. The highest BCUT2D eigenvalue weighted by Crippen LogP contribution is 2.11. The Kier molecular flexibility index (Phi) is 3.35. The van der Waals surface area contributed by atoms with Crippen LogP contribution in [0.2, 0.25) is 0 Å². The van der Waals surface area contributed by atoms with Gasteiger partial charge in [-0.25, -0.2) is 8.78 Å². The highest BCUT2D eigenvalue weighted by atomic mass is 19.3. The van der Waals surface area contributed by atoms with Gasteiger partial charge in [0.15, 0.2) is 0 Å². The number of aryl methyl sites for hydroxylation is 1. The highest BCUT2D eigenvalue weighted by molar-refractivity contribution is 5.92. The van der Waals surface area contributed by atoms with Crippen LogP contribution in [0.15, 0.2) is 10.7 Å². The fourth-order valence-electron chi connectivity index (χ4n) is 0.855. The standard InChI is InChI=1S/C8H10F2N2O3/c1-5-2-12-15-6(5)7(14)11-3-8(9,10)4-13/h2,13H,3-4H2,1H3,(H,11,14). The molecule has 0 saturated carbocycles. The quantitative estimate of drug-likeness (QED) is 0.767. The molecule has 1 aromatic rings. The second-order valence-electron chi connectivity index (χ2n) is 3.03. The molecule has 0 bridgehead atoms. The van der Waals surface area contributed by atoms with E-state index in [1.54, 1.807) is 6.92 Å². The summed E-state index contributed by atoms with van der Waals surface area (Å²) in [7, 11) is 0. The summed E-state index contributed by atoms with van der Waals surface area (Å²) in [6, 6.07) is 0. The Balaban J connectivity index is 2.55. The molecule has 1 heterocycles. The van der Waals surface area contributed by atoms with E-state index in [0.29, 0.717) is 5.56 Å². The molecule has 84 valence electrons. The number of hydrogen-bond donors (Lipinski definition) is 2. The Morgan fingerprint density at radius 2 is 2.40 bits per heavy atom. The molecule has 0 fully saturated rings. The van der Waals surface area contributed by atoms with E-state index in [2.05, 4.69) is 9.68 Å². The summed E-state index contributed by atoms with van der Waals surface area (Å²) in [5.74, 6) is -4.22. The molecule has 0 aliphatic heterocycles. The van der Waals surface area contributed by atoms with Crippen LogP contribution >= 0.6 is 0 Å². The van der Waals surface area contributed by atoms with Gasteiger partial charge >= 0.3 is 0 Å². The molecule has 1 rings (SSSR count). The van der Waals surface area contributed by atoms with Crippen LogP contribution in [0, 0.1) is 6.92 Å². The zero-order valence-electron chi connectivity index (χ0n) is 7.96. The van der Waals surface area contributed by atoms with Gasteiger partial charge in [0.05, 0.1) is 12.7 Å². The Morgan fingerprint density at radius 1 is 1.73 bits per heavy atom. The second kappa shape index (κ2) is 4.35. The molecule has 0 aromatic carbocycles. The van der Waals surface area contributed by atoms with E-state index < -0.39 is 25.0 Å². The van der Waals surface area contributed by atoms with E-state index >= 15 is 0 Å². The SMILES string of the molecule is Cc1cnoc1C(=O)NCC(F)(F)CO. The number of halogens is 2. The fourth-order valence-corrected chi connectivity index (χ4v) is 0.855. The fraction of sp³-hybridized carbons (Fsp3) is 0.500. The van der Waals surface area contributed by atoms with Crippen LogP contribution in [-0.2, 0) is 0 Å². The first-order valence-electron chi connectivity index (χ1n) is 4.14. The van der Waals surface area contributed by atoms with E-state index in [1.165, 1.54) is 6.20 Å². The van der Waals surface area contributed by atoms with Gasteiger partial charge < -0.3 is 14.9 Å². The maximum Gasteiger partial charge on any atom is 0.290 e. The van der Waals surface area contributed by atoms with Gasteiger partial charge in [-0.3, -0.25) is 4.79 Å². The van der Waals surface area contributed by atoms with Crippen molar-refractivity contribution < 1.29 is 23.2 Å². The summed E-state index contributed by atoms with van der Waals surface area (Å²) in [5, 5.41) is 13.5. The van der Waals surface area contributed by atoms with E-state index in [0.717, 1.165) is 0 Å². The monoisotopic (exact) mass is 220 g/mol. The average molecular weight is 220 g/mol. The smallest absolute Gasteiger partial charge is 0.290 e. The van der Waals surface area contributed by atoms with Crippen molar-refractivity contribution in [2.24, 2.45) is 0 Å². The van der Waals surface area contributed by atoms with Crippen LogP contribution in [0.25, 0.3) is 0 Å². The number of aromatic nitrogens is 1. The minimum Gasteiger partial charge on any atom is -0.390 e. The molecular formula is C8H10F2N2O3. The summed E-state index contributed by atoms with van der Waals surface area (Å²) < 4.78 is 29.6. The van der Waals surface area contributed by atoms with Crippen LogP contribution in [0.3, 0.4) is 0 Å². The van der Waals surface area contributed by atoms with Gasteiger partial charge in [0.25, 0.3) is 11.8 Å². The summed E-state index contributed by atoms with van der Waals surface area (Å²) in [6.07, 6.45) is 1.30. The molecular weight excluding hydrogens is 210 g/mol. The van der Waals surface area contributed by atoms with E-state index in [-0.39, 0.29) is 5.76 Å². The summed E-state index contributed by atoms with van der Waals surface area (Å²) in [4.78, 5) is 11.2. The predicted molar refractivity (Wildman–Crippen MR) is 45.6 cm³/mol. The summed E-state index contributed by atoms with van der Waals surface area (Å²) >= 11 is 0. The molecule has 7 heteroatoms. The third-order valence-corrected chi connectivity index (χ3v) is 1.69. The lowest BCUT2D eigenvalue weighted by Gasteiger charge is -2.12. The molecule has 1 aromatic heterocycles. The average Bonchev–Trinajstić information content (AvgIpc) is 2.61. The normalized spacial score (nSPS) is 11.5. The number of alkyl halides is 2. The second-order valence-corrected chi connectivity index (χ2v) is 3.03. The van der Waals surface area contributed by atoms with Gasteiger partial charge in [-0.1, -0.05) is 5.16 Å². The van der Waals surface area contributed by atoms with Crippen LogP contribution in [-0.4, -0.2) is 35.2 Å². The number of carbonyl (C=O) groups excluding carboxylic acids is 1. The van der Waals surface area contributed by atoms with Crippen molar-refractivity contribution in [1.82, 2.24) is 10.5 Å². The molecule has 0 aliphatic carbocycles. The topological polar surface area (TPSA) is 75.4 Å². The minimum atomic E-state index is -3.33. The Hall–Kier alpha value is -1.50. The number of aliphatic hydroxyl groups is 1. The molecule has 0 aliphatic rings. The number of rotatable bonds is 4. The van der Waals surface area contributed by atoms with Crippen molar-refractivity contribution in [3.8, 4) is 0 Å². The van der Waals surface area contributed by atoms with Crippen LogP contribution < -0.4 is 5.32 Å². The van der Waals surface area contributed by atoms with Crippen molar-refractivity contribution in [2.75, 3.05) is 13.2 Å². The van der Waals surface area contributed by atoms with Crippen LogP contribution in [0.4, 0.5) is 8.78 Å². The molecule has 0 atom stereocenters. The van der Waals surface area contributed by atoms with Gasteiger partial charge in [-0.15, -0.1) is 0 Å². The third kappa shape index (κ3) is 2.98. The zero-order valence-corrected chi connectivity index (χ0v) is 7.96. The number of amides is 1. The maximum atomic E-state index is 12.5.